The first-order valence-electron chi connectivity index (χ1n) is 10.1. The van der Waals surface area contributed by atoms with Gasteiger partial charge in [-0.25, -0.2) is 9.37 Å². The van der Waals surface area contributed by atoms with Gasteiger partial charge in [-0.3, -0.25) is 9.59 Å². The summed E-state index contributed by atoms with van der Waals surface area (Å²) in [6, 6.07) is 6.16. The Hall–Kier alpha value is -2.97. The van der Waals surface area contributed by atoms with Crippen molar-refractivity contribution in [3.05, 3.63) is 70.8 Å². The summed E-state index contributed by atoms with van der Waals surface area (Å²) in [5.41, 5.74) is 6.64. The van der Waals surface area contributed by atoms with Crippen LogP contribution in [0.25, 0.3) is 0 Å². The first-order valence-corrected chi connectivity index (χ1v) is 10.5. The second-order valence-electron chi connectivity index (χ2n) is 7.37. The Kier molecular flexibility index (Phi) is 9.16. The molecule has 1 aromatic carbocycles. The molecule has 0 bridgehead atoms. The summed E-state index contributed by atoms with van der Waals surface area (Å²) in [6.45, 7) is 9.18. The van der Waals surface area contributed by atoms with Crippen molar-refractivity contribution in [1.29, 1.82) is 0 Å². The molecule has 0 aliphatic carbocycles. The van der Waals surface area contributed by atoms with Crippen LogP contribution in [0.15, 0.2) is 43.1 Å². The minimum atomic E-state index is -0.625. The molecule has 1 heterocycles. The molecule has 1 unspecified atom stereocenters. The Morgan fingerprint density at radius 3 is 2.62 bits per heavy atom. The van der Waals surface area contributed by atoms with Gasteiger partial charge in [0.05, 0.1) is 11.2 Å². The SMILES string of the molecule is C=CC(=O)N(CC)CCN(C)CC(Oc1cnc(C(N)=O)c(C)c1)c1ccc(Cl)c(F)c1. The molecule has 0 aliphatic heterocycles. The predicted octanol–water partition coefficient (Wildman–Crippen LogP) is 3.37. The van der Waals surface area contributed by atoms with Crippen molar-refractivity contribution in [2.45, 2.75) is 20.0 Å². The molecule has 0 fully saturated rings. The lowest BCUT2D eigenvalue weighted by atomic mass is 10.1. The number of benzene rings is 1. The van der Waals surface area contributed by atoms with E-state index in [0.717, 1.165) is 0 Å². The zero-order valence-corrected chi connectivity index (χ0v) is 19.2. The first-order chi connectivity index (χ1) is 15.2. The Bertz CT molecular complexity index is 986. The number of hydrogen-bond acceptors (Lipinski definition) is 5. The van der Waals surface area contributed by atoms with E-state index in [0.29, 0.717) is 43.1 Å². The Morgan fingerprint density at radius 1 is 1.34 bits per heavy atom. The van der Waals surface area contributed by atoms with E-state index in [2.05, 4.69) is 11.6 Å². The number of halogens is 2. The van der Waals surface area contributed by atoms with Crippen LogP contribution in [0.1, 0.15) is 34.6 Å². The number of ether oxygens (including phenoxy) is 1. The first kappa shape index (κ1) is 25.3. The van der Waals surface area contributed by atoms with Crippen molar-refractivity contribution < 1.29 is 18.7 Å². The van der Waals surface area contributed by atoms with E-state index in [9.17, 15) is 14.0 Å². The third kappa shape index (κ3) is 6.77. The standard InChI is InChI=1S/C23H28ClFN4O3/c1-5-21(30)29(6-2)10-9-28(4)14-20(16-7-8-18(24)19(25)12-16)32-17-11-15(3)22(23(26)31)27-13-17/h5,7-8,11-13,20H,1,6,9-10,14H2,2-4H3,(H2,26,31). The number of carbonyl (C=O) groups excluding carboxylic acids is 2. The highest BCUT2D eigenvalue weighted by atomic mass is 35.5. The van der Waals surface area contributed by atoms with Crippen LogP contribution >= 0.6 is 11.6 Å². The van der Waals surface area contributed by atoms with Gasteiger partial charge in [-0.2, -0.15) is 0 Å². The number of hydrogen-bond donors (Lipinski definition) is 1. The van der Waals surface area contributed by atoms with Gasteiger partial charge in [0.15, 0.2) is 0 Å². The van der Waals surface area contributed by atoms with Crippen LogP contribution in [0.4, 0.5) is 4.39 Å². The van der Waals surface area contributed by atoms with E-state index in [1.807, 2.05) is 18.9 Å². The summed E-state index contributed by atoms with van der Waals surface area (Å²) >= 11 is 5.84. The fraction of sp³-hybridized carbons (Fsp3) is 0.348. The number of aromatic nitrogens is 1. The summed E-state index contributed by atoms with van der Waals surface area (Å²) in [7, 11) is 1.88. The van der Waals surface area contributed by atoms with E-state index in [1.54, 1.807) is 24.0 Å². The fourth-order valence-corrected chi connectivity index (χ4v) is 3.30. The molecule has 9 heteroatoms. The minimum Gasteiger partial charge on any atom is -0.483 e. The number of carbonyl (C=O) groups is 2. The third-order valence-corrected chi connectivity index (χ3v) is 5.28. The number of pyridine rings is 1. The smallest absolute Gasteiger partial charge is 0.267 e. The van der Waals surface area contributed by atoms with Crippen LogP contribution in [0.5, 0.6) is 5.75 Å². The van der Waals surface area contributed by atoms with Crippen molar-refractivity contribution in [2.75, 3.05) is 33.2 Å². The Labute approximate surface area is 192 Å². The summed E-state index contributed by atoms with van der Waals surface area (Å²) in [5.74, 6) is -0.893. The summed E-state index contributed by atoms with van der Waals surface area (Å²) in [4.78, 5) is 31.1. The van der Waals surface area contributed by atoms with Crippen molar-refractivity contribution in [3.63, 3.8) is 0 Å². The van der Waals surface area contributed by atoms with E-state index in [4.69, 9.17) is 22.1 Å². The molecule has 2 amide bonds. The van der Waals surface area contributed by atoms with Gasteiger partial charge in [0, 0.05) is 26.2 Å². The van der Waals surface area contributed by atoms with E-state index in [-0.39, 0.29) is 16.6 Å². The number of aryl methyl sites for hydroxylation is 1. The number of primary amides is 1. The summed E-state index contributed by atoms with van der Waals surface area (Å²) < 4.78 is 20.3. The van der Waals surface area contributed by atoms with E-state index < -0.39 is 17.8 Å². The van der Waals surface area contributed by atoms with Gasteiger partial charge in [0.2, 0.25) is 5.91 Å². The van der Waals surface area contributed by atoms with Gasteiger partial charge < -0.3 is 20.3 Å². The molecule has 2 aromatic rings. The van der Waals surface area contributed by atoms with Crippen LogP contribution in [0.2, 0.25) is 5.02 Å². The van der Waals surface area contributed by atoms with Gasteiger partial charge in [0.25, 0.3) is 5.91 Å². The zero-order chi connectivity index (χ0) is 23.8. The lowest BCUT2D eigenvalue weighted by molar-refractivity contribution is -0.126. The van der Waals surface area contributed by atoms with Gasteiger partial charge in [-0.15, -0.1) is 0 Å². The van der Waals surface area contributed by atoms with Gasteiger partial charge in [0.1, 0.15) is 23.4 Å². The highest BCUT2D eigenvalue weighted by Crippen LogP contribution is 2.26. The third-order valence-electron chi connectivity index (χ3n) is 4.98. The second kappa shape index (κ2) is 11.6. The molecule has 0 spiro atoms. The maximum Gasteiger partial charge on any atom is 0.267 e. The van der Waals surface area contributed by atoms with Crippen molar-refractivity contribution >= 4 is 23.4 Å². The van der Waals surface area contributed by atoms with E-state index >= 15 is 0 Å². The molecule has 0 saturated carbocycles. The molecule has 2 rings (SSSR count). The molecule has 1 atom stereocenters. The number of likely N-dealkylation sites (N-methyl/N-ethyl adjacent to an activating group) is 2. The van der Waals surface area contributed by atoms with Gasteiger partial charge in [-0.1, -0.05) is 24.2 Å². The summed E-state index contributed by atoms with van der Waals surface area (Å²) in [6.07, 6.45) is 2.14. The Balaban J connectivity index is 2.22. The zero-order valence-electron chi connectivity index (χ0n) is 18.5. The molecule has 7 nitrogen and oxygen atoms in total. The van der Waals surface area contributed by atoms with E-state index in [1.165, 1.54) is 24.4 Å². The fourth-order valence-electron chi connectivity index (χ4n) is 3.18. The molecular weight excluding hydrogens is 435 g/mol. The lowest BCUT2D eigenvalue weighted by Crippen LogP contribution is -2.38. The number of nitrogens with two attached hydrogens (primary N) is 1. The monoisotopic (exact) mass is 462 g/mol. The molecule has 0 radical (unpaired) electrons. The van der Waals surface area contributed by atoms with Gasteiger partial charge >= 0.3 is 0 Å². The average Bonchev–Trinajstić information content (AvgIpc) is 2.75. The predicted molar refractivity (Wildman–Crippen MR) is 122 cm³/mol. The van der Waals surface area contributed by atoms with Crippen molar-refractivity contribution in [2.24, 2.45) is 5.73 Å². The number of amides is 2. The van der Waals surface area contributed by atoms with Crippen LogP contribution < -0.4 is 10.5 Å². The maximum absolute atomic E-state index is 14.1. The highest BCUT2D eigenvalue weighted by molar-refractivity contribution is 6.30. The molecule has 32 heavy (non-hydrogen) atoms. The molecule has 1 aromatic heterocycles. The van der Waals surface area contributed by atoms with Gasteiger partial charge in [-0.05, 0) is 56.3 Å². The molecule has 172 valence electrons. The van der Waals surface area contributed by atoms with Crippen molar-refractivity contribution in [3.8, 4) is 5.75 Å². The lowest BCUT2D eigenvalue weighted by Gasteiger charge is -2.28. The summed E-state index contributed by atoms with van der Waals surface area (Å²) in [5, 5.41) is 0.0192. The molecule has 0 aliphatic rings. The largest absolute Gasteiger partial charge is 0.483 e. The number of nitrogens with zero attached hydrogens (tertiary/aromatic N) is 3. The second-order valence-corrected chi connectivity index (χ2v) is 7.77. The molecular formula is C23H28ClFN4O3. The normalized spacial score (nSPS) is 11.8. The highest BCUT2D eigenvalue weighted by Gasteiger charge is 2.20. The maximum atomic E-state index is 14.1. The quantitative estimate of drug-likeness (QED) is 0.517. The van der Waals surface area contributed by atoms with Crippen LogP contribution in [0.3, 0.4) is 0 Å². The van der Waals surface area contributed by atoms with Crippen LogP contribution in [-0.4, -0.2) is 59.8 Å². The minimum absolute atomic E-state index is 0.0192. The van der Waals surface area contributed by atoms with Crippen LogP contribution in [0, 0.1) is 12.7 Å². The molecule has 2 N–H and O–H groups in total. The Morgan fingerprint density at radius 2 is 2.06 bits per heavy atom. The average molecular weight is 463 g/mol. The topological polar surface area (TPSA) is 88.8 Å². The molecule has 0 saturated heterocycles. The van der Waals surface area contributed by atoms with Crippen LogP contribution in [-0.2, 0) is 4.79 Å². The number of rotatable bonds is 11. The van der Waals surface area contributed by atoms with Crippen molar-refractivity contribution in [1.82, 2.24) is 14.8 Å².